The fourth-order valence-corrected chi connectivity index (χ4v) is 3.62. The lowest BCUT2D eigenvalue weighted by atomic mass is 10.1. The Morgan fingerprint density at radius 2 is 2.25 bits per heavy atom. The summed E-state index contributed by atoms with van der Waals surface area (Å²) in [5.74, 6) is 2.05. The number of hydrogen-bond acceptors (Lipinski definition) is 3. The number of anilines is 1. The van der Waals surface area contributed by atoms with Gasteiger partial charge in [0.2, 0.25) is 0 Å². The summed E-state index contributed by atoms with van der Waals surface area (Å²) in [4.78, 5) is 8.73. The second-order valence-electron chi connectivity index (χ2n) is 5.59. The molecule has 4 heteroatoms. The van der Waals surface area contributed by atoms with Gasteiger partial charge in [0.05, 0.1) is 0 Å². The number of nitrogens with zero attached hydrogens (tertiary/aromatic N) is 2. The van der Waals surface area contributed by atoms with Crippen molar-refractivity contribution in [3.63, 3.8) is 0 Å². The van der Waals surface area contributed by atoms with Crippen LogP contribution in [0, 0.1) is 0 Å². The summed E-state index contributed by atoms with van der Waals surface area (Å²) in [6.07, 6.45) is 1.12. The van der Waals surface area contributed by atoms with E-state index in [0.29, 0.717) is 11.8 Å². The highest BCUT2D eigenvalue weighted by Gasteiger charge is 2.19. The minimum absolute atomic E-state index is 0.429. The van der Waals surface area contributed by atoms with E-state index in [-0.39, 0.29) is 0 Å². The highest BCUT2D eigenvalue weighted by Crippen LogP contribution is 2.28. The van der Waals surface area contributed by atoms with E-state index >= 15 is 0 Å². The molecule has 0 bridgehead atoms. The fourth-order valence-electron chi connectivity index (χ4n) is 2.57. The Morgan fingerprint density at radius 3 is 3.00 bits per heavy atom. The minimum atomic E-state index is 0.429. The van der Waals surface area contributed by atoms with Gasteiger partial charge in [-0.05, 0) is 47.0 Å². The van der Waals surface area contributed by atoms with E-state index in [1.165, 1.54) is 10.4 Å². The van der Waals surface area contributed by atoms with Crippen LogP contribution in [0.15, 0.2) is 23.6 Å². The second-order valence-corrected chi connectivity index (χ2v) is 6.86. The van der Waals surface area contributed by atoms with Crippen molar-refractivity contribution in [1.29, 1.82) is 0 Å². The maximum atomic E-state index is 6.03. The Hall–Kier alpha value is -1.06. The quantitative estimate of drug-likeness (QED) is 0.772. The van der Waals surface area contributed by atoms with Crippen LogP contribution < -0.4 is 4.90 Å². The van der Waals surface area contributed by atoms with Gasteiger partial charge in [-0.3, -0.25) is 0 Å². The van der Waals surface area contributed by atoms with Gasteiger partial charge in [0.25, 0.3) is 0 Å². The normalized spacial score (nSPS) is 14.7. The van der Waals surface area contributed by atoms with E-state index in [9.17, 15) is 0 Å². The van der Waals surface area contributed by atoms with Crippen LogP contribution in [0.2, 0.25) is 0 Å². The van der Waals surface area contributed by atoms with Gasteiger partial charge >= 0.3 is 0 Å². The standard InChI is InChI=1S/C16H19ClN2S/c1-11(2)14-7-12(9-17)8-16(18-14)19-5-3-15-13(10-19)4-6-20-15/h4,6-8,11H,3,5,9-10H2,1-2H3. The molecule has 0 amide bonds. The first-order chi connectivity index (χ1) is 9.67. The minimum Gasteiger partial charge on any atom is -0.352 e. The van der Waals surface area contributed by atoms with Crippen molar-refractivity contribution in [1.82, 2.24) is 4.98 Å². The molecule has 0 unspecified atom stereocenters. The number of thiophene rings is 1. The van der Waals surface area contributed by atoms with Crippen LogP contribution in [0.3, 0.4) is 0 Å². The van der Waals surface area contributed by atoms with Crippen LogP contribution in [0.4, 0.5) is 5.82 Å². The Labute approximate surface area is 129 Å². The van der Waals surface area contributed by atoms with Gasteiger partial charge in [-0.2, -0.15) is 0 Å². The number of hydrogen-bond donors (Lipinski definition) is 0. The lowest BCUT2D eigenvalue weighted by Gasteiger charge is -2.29. The SMILES string of the molecule is CC(C)c1cc(CCl)cc(N2CCc3sccc3C2)n1. The third kappa shape index (κ3) is 2.70. The van der Waals surface area contributed by atoms with Crippen molar-refractivity contribution in [2.75, 3.05) is 11.4 Å². The van der Waals surface area contributed by atoms with Crippen LogP contribution >= 0.6 is 22.9 Å². The zero-order chi connectivity index (χ0) is 14.1. The largest absolute Gasteiger partial charge is 0.352 e. The van der Waals surface area contributed by atoms with Crippen molar-refractivity contribution >= 4 is 28.8 Å². The number of aromatic nitrogens is 1. The Morgan fingerprint density at radius 1 is 1.40 bits per heavy atom. The van der Waals surface area contributed by atoms with Crippen LogP contribution in [-0.4, -0.2) is 11.5 Å². The van der Waals surface area contributed by atoms with Crippen LogP contribution in [0.25, 0.3) is 0 Å². The van der Waals surface area contributed by atoms with E-state index in [4.69, 9.17) is 16.6 Å². The number of alkyl halides is 1. The summed E-state index contributed by atoms with van der Waals surface area (Å²) < 4.78 is 0. The molecule has 2 aromatic rings. The van der Waals surface area contributed by atoms with Crippen LogP contribution in [0.5, 0.6) is 0 Å². The maximum Gasteiger partial charge on any atom is 0.129 e. The average Bonchev–Trinajstić information content (AvgIpc) is 2.94. The third-order valence-corrected chi connectivity index (χ3v) is 5.10. The summed E-state index contributed by atoms with van der Waals surface area (Å²) in [6, 6.07) is 6.50. The van der Waals surface area contributed by atoms with Gasteiger partial charge in [-0.15, -0.1) is 22.9 Å². The first-order valence-electron chi connectivity index (χ1n) is 7.04. The smallest absolute Gasteiger partial charge is 0.129 e. The Bertz CT molecular complexity index is 606. The Kier molecular flexibility index (Phi) is 3.99. The van der Waals surface area contributed by atoms with Gasteiger partial charge in [0, 0.05) is 29.5 Å². The van der Waals surface area contributed by atoms with Gasteiger partial charge in [-0.1, -0.05) is 13.8 Å². The van der Waals surface area contributed by atoms with Gasteiger partial charge in [-0.25, -0.2) is 4.98 Å². The molecular formula is C16H19ClN2S. The monoisotopic (exact) mass is 306 g/mol. The molecule has 0 N–H and O–H groups in total. The molecule has 3 rings (SSSR count). The molecule has 0 spiro atoms. The van der Waals surface area contributed by atoms with E-state index in [0.717, 1.165) is 36.6 Å². The zero-order valence-corrected chi connectivity index (χ0v) is 13.5. The van der Waals surface area contributed by atoms with Crippen molar-refractivity contribution in [2.24, 2.45) is 0 Å². The fraction of sp³-hybridized carbons (Fsp3) is 0.438. The first-order valence-corrected chi connectivity index (χ1v) is 8.46. The van der Waals surface area contributed by atoms with Crippen molar-refractivity contribution in [2.45, 2.75) is 38.6 Å². The molecule has 106 valence electrons. The molecule has 2 nitrogen and oxygen atoms in total. The molecule has 0 saturated heterocycles. The summed E-state index contributed by atoms with van der Waals surface area (Å²) in [5, 5.41) is 2.19. The number of fused-ring (bicyclic) bond motifs is 1. The molecule has 3 heterocycles. The van der Waals surface area contributed by atoms with E-state index < -0.39 is 0 Å². The van der Waals surface area contributed by atoms with E-state index in [1.807, 2.05) is 11.3 Å². The zero-order valence-electron chi connectivity index (χ0n) is 11.9. The summed E-state index contributed by atoms with van der Waals surface area (Å²) >= 11 is 7.90. The molecule has 0 radical (unpaired) electrons. The summed E-state index contributed by atoms with van der Waals surface area (Å²) in [5.41, 5.74) is 3.75. The highest BCUT2D eigenvalue weighted by molar-refractivity contribution is 7.10. The van der Waals surface area contributed by atoms with E-state index in [2.05, 4.69) is 42.3 Å². The lowest BCUT2D eigenvalue weighted by molar-refractivity contribution is 0.721. The highest BCUT2D eigenvalue weighted by atomic mass is 35.5. The molecular weight excluding hydrogens is 288 g/mol. The van der Waals surface area contributed by atoms with Crippen molar-refractivity contribution < 1.29 is 0 Å². The molecule has 20 heavy (non-hydrogen) atoms. The molecule has 0 fully saturated rings. The lowest BCUT2D eigenvalue weighted by Crippen LogP contribution is -2.30. The summed E-state index contributed by atoms with van der Waals surface area (Å²) in [7, 11) is 0. The summed E-state index contributed by atoms with van der Waals surface area (Å²) in [6.45, 7) is 6.37. The van der Waals surface area contributed by atoms with Crippen LogP contribution in [-0.2, 0) is 18.8 Å². The molecule has 1 aliphatic heterocycles. The van der Waals surface area contributed by atoms with Gasteiger partial charge in [0.1, 0.15) is 5.82 Å². The molecule has 0 aliphatic carbocycles. The molecule has 0 saturated carbocycles. The van der Waals surface area contributed by atoms with Crippen LogP contribution in [0.1, 0.15) is 41.5 Å². The molecule has 0 aromatic carbocycles. The molecule has 1 aliphatic rings. The van der Waals surface area contributed by atoms with Crippen molar-refractivity contribution in [3.8, 4) is 0 Å². The third-order valence-electron chi connectivity index (χ3n) is 3.77. The predicted octanol–water partition coefficient (Wildman–Crippen LogP) is 4.57. The predicted molar refractivity (Wildman–Crippen MR) is 87.0 cm³/mol. The number of halogens is 1. The van der Waals surface area contributed by atoms with E-state index in [1.54, 1.807) is 0 Å². The van der Waals surface area contributed by atoms with Crippen molar-refractivity contribution in [3.05, 3.63) is 45.3 Å². The molecule has 2 aromatic heterocycles. The van der Waals surface area contributed by atoms with Gasteiger partial charge < -0.3 is 4.90 Å². The number of rotatable bonds is 3. The molecule has 0 atom stereocenters. The topological polar surface area (TPSA) is 16.1 Å². The number of pyridine rings is 1. The van der Waals surface area contributed by atoms with Gasteiger partial charge in [0.15, 0.2) is 0 Å². The Balaban J connectivity index is 1.92. The second kappa shape index (κ2) is 5.74. The first kappa shape index (κ1) is 13.9. The maximum absolute atomic E-state index is 6.03. The average molecular weight is 307 g/mol.